The Morgan fingerprint density at radius 1 is 1.15 bits per heavy atom. The summed E-state index contributed by atoms with van der Waals surface area (Å²) in [5.74, 6) is 0.844. The summed E-state index contributed by atoms with van der Waals surface area (Å²) in [6.07, 6.45) is 2.94. The van der Waals surface area contributed by atoms with E-state index in [4.69, 9.17) is 19.8 Å². The monoisotopic (exact) mass is 457 g/mol. The first-order chi connectivity index (χ1) is 16.3. The molecule has 0 saturated carbocycles. The van der Waals surface area contributed by atoms with Crippen molar-refractivity contribution in [2.45, 2.75) is 26.3 Å². The summed E-state index contributed by atoms with van der Waals surface area (Å²) in [6.45, 7) is 6.18. The summed E-state index contributed by atoms with van der Waals surface area (Å²) in [5, 5.41) is 12.3. The van der Waals surface area contributed by atoms with Gasteiger partial charge in [0.25, 0.3) is 5.91 Å². The molecule has 4 heterocycles. The highest BCUT2D eigenvalue weighted by molar-refractivity contribution is 5.98. The van der Waals surface area contributed by atoms with E-state index in [0.29, 0.717) is 34.1 Å². The van der Waals surface area contributed by atoms with Crippen molar-refractivity contribution in [2.24, 2.45) is 0 Å². The topological polar surface area (TPSA) is 138 Å². The molecule has 0 radical (unpaired) electrons. The molecule has 0 saturated heterocycles. The molecular weight excluding hydrogens is 434 g/mol. The summed E-state index contributed by atoms with van der Waals surface area (Å²) >= 11 is 0. The second-order valence-corrected chi connectivity index (χ2v) is 8.63. The van der Waals surface area contributed by atoms with Crippen LogP contribution in [0.25, 0.3) is 33.8 Å². The standard InChI is InChI=1S/C24H23N7O3/c1-14-6-8-15(9-7-14)20-19-21(25)27-13-28-22(19)31(29-20)24(2,3)12-26-23(32)16-11-18(34-30-16)17-5-4-10-33-17/h4-11,13H,12H2,1-3H3,(H,26,32)(H2,25,27,28). The smallest absolute Gasteiger partial charge is 0.273 e. The molecule has 1 aromatic carbocycles. The first kappa shape index (κ1) is 21.4. The Balaban J connectivity index is 1.43. The molecule has 10 nitrogen and oxygen atoms in total. The number of nitrogen functional groups attached to an aromatic ring is 1. The first-order valence-corrected chi connectivity index (χ1v) is 10.7. The van der Waals surface area contributed by atoms with E-state index in [1.807, 2.05) is 45.0 Å². The van der Waals surface area contributed by atoms with E-state index in [2.05, 4.69) is 20.4 Å². The van der Waals surface area contributed by atoms with Gasteiger partial charge in [-0.05, 0) is 32.9 Å². The average molecular weight is 457 g/mol. The van der Waals surface area contributed by atoms with Gasteiger partial charge in [-0.15, -0.1) is 0 Å². The van der Waals surface area contributed by atoms with Gasteiger partial charge in [-0.1, -0.05) is 35.0 Å². The number of carbonyl (C=O) groups is 1. The van der Waals surface area contributed by atoms with Crippen molar-refractivity contribution in [2.75, 3.05) is 12.3 Å². The number of aromatic nitrogens is 5. The van der Waals surface area contributed by atoms with E-state index in [1.54, 1.807) is 16.8 Å². The van der Waals surface area contributed by atoms with Crippen molar-refractivity contribution in [1.29, 1.82) is 0 Å². The molecule has 0 aliphatic carbocycles. The molecule has 0 aliphatic rings. The zero-order valence-corrected chi connectivity index (χ0v) is 18.9. The van der Waals surface area contributed by atoms with Crippen molar-refractivity contribution in [3.8, 4) is 22.8 Å². The van der Waals surface area contributed by atoms with E-state index < -0.39 is 5.54 Å². The minimum absolute atomic E-state index is 0.152. The van der Waals surface area contributed by atoms with E-state index in [1.165, 1.54) is 18.7 Å². The Labute approximate surface area is 194 Å². The van der Waals surface area contributed by atoms with Crippen LogP contribution in [0.5, 0.6) is 0 Å². The number of carbonyl (C=O) groups excluding carboxylic acids is 1. The normalized spacial score (nSPS) is 11.7. The molecule has 10 heteroatoms. The lowest BCUT2D eigenvalue weighted by Crippen LogP contribution is -2.41. The highest BCUT2D eigenvalue weighted by Crippen LogP contribution is 2.33. The zero-order valence-electron chi connectivity index (χ0n) is 18.9. The number of nitrogens with zero attached hydrogens (tertiary/aromatic N) is 5. The number of anilines is 1. The van der Waals surface area contributed by atoms with Gasteiger partial charge in [0.15, 0.2) is 17.1 Å². The number of furan rings is 1. The lowest BCUT2D eigenvalue weighted by Gasteiger charge is -2.26. The molecule has 4 aromatic heterocycles. The third-order valence-electron chi connectivity index (χ3n) is 5.58. The van der Waals surface area contributed by atoms with E-state index in [-0.39, 0.29) is 18.1 Å². The SMILES string of the molecule is Cc1ccc(-c2nn(C(C)(C)CNC(=O)c3cc(-c4ccco4)on3)c3ncnc(N)c23)cc1. The first-order valence-electron chi connectivity index (χ1n) is 10.7. The predicted octanol–water partition coefficient (Wildman–Crippen LogP) is 3.80. The van der Waals surface area contributed by atoms with Gasteiger partial charge >= 0.3 is 0 Å². The molecule has 1 amide bonds. The molecule has 0 atom stereocenters. The van der Waals surface area contributed by atoms with Crippen molar-refractivity contribution in [3.63, 3.8) is 0 Å². The van der Waals surface area contributed by atoms with Gasteiger partial charge in [0.05, 0.1) is 17.2 Å². The summed E-state index contributed by atoms with van der Waals surface area (Å²) in [4.78, 5) is 21.4. The van der Waals surface area contributed by atoms with Gasteiger partial charge in [-0.25, -0.2) is 14.6 Å². The average Bonchev–Trinajstić information content (AvgIpc) is 3.58. The number of benzene rings is 1. The Bertz CT molecular complexity index is 1460. The number of hydrogen-bond acceptors (Lipinski definition) is 8. The van der Waals surface area contributed by atoms with Crippen molar-refractivity contribution < 1.29 is 13.7 Å². The van der Waals surface area contributed by atoms with Crippen LogP contribution in [0, 0.1) is 6.92 Å². The number of rotatable bonds is 6. The Kier molecular flexibility index (Phi) is 5.12. The van der Waals surface area contributed by atoms with Gasteiger partial charge in [-0.3, -0.25) is 4.79 Å². The Morgan fingerprint density at radius 2 is 1.94 bits per heavy atom. The maximum Gasteiger partial charge on any atom is 0.273 e. The molecule has 0 bridgehead atoms. The number of aryl methyl sites for hydroxylation is 1. The zero-order chi connectivity index (χ0) is 23.9. The molecule has 5 rings (SSSR count). The maximum absolute atomic E-state index is 12.7. The number of nitrogens with one attached hydrogen (secondary N) is 1. The predicted molar refractivity (Wildman–Crippen MR) is 126 cm³/mol. The van der Waals surface area contributed by atoms with Gasteiger partial charge in [0, 0.05) is 18.2 Å². The van der Waals surface area contributed by atoms with Gasteiger partial charge in [0.2, 0.25) is 5.76 Å². The summed E-state index contributed by atoms with van der Waals surface area (Å²) in [5.41, 5.74) is 9.05. The number of amides is 1. The van der Waals surface area contributed by atoms with Gasteiger partial charge in [-0.2, -0.15) is 5.10 Å². The van der Waals surface area contributed by atoms with E-state index >= 15 is 0 Å². The Hall–Kier alpha value is -4.47. The van der Waals surface area contributed by atoms with Crippen LogP contribution in [0.4, 0.5) is 5.82 Å². The van der Waals surface area contributed by atoms with Crippen LogP contribution in [-0.2, 0) is 5.54 Å². The fourth-order valence-corrected chi connectivity index (χ4v) is 3.69. The maximum atomic E-state index is 12.7. The minimum atomic E-state index is -0.648. The quantitative estimate of drug-likeness (QED) is 0.393. The second kappa shape index (κ2) is 8.14. The van der Waals surface area contributed by atoms with Crippen molar-refractivity contribution >= 4 is 22.8 Å². The van der Waals surface area contributed by atoms with Crippen LogP contribution < -0.4 is 11.1 Å². The third kappa shape index (κ3) is 3.79. The Morgan fingerprint density at radius 3 is 2.68 bits per heavy atom. The van der Waals surface area contributed by atoms with Gasteiger partial charge < -0.3 is 20.0 Å². The summed E-state index contributed by atoms with van der Waals surface area (Å²) in [6, 6.07) is 13.0. The lowest BCUT2D eigenvalue weighted by atomic mass is 10.1. The highest BCUT2D eigenvalue weighted by Gasteiger charge is 2.29. The van der Waals surface area contributed by atoms with E-state index in [0.717, 1.165) is 11.1 Å². The highest BCUT2D eigenvalue weighted by atomic mass is 16.5. The number of fused-ring (bicyclic) bond motifs is 1. The summed E-state index contributed by atoms with van der Waals surface area (Å²) < 4.78 is 12.3. The largest absolute Gasteiger partial charge is 0.461 e. The van der Waals surface area contributed by atoms with Crippen LogP contribution in [-0.4, -0.2) is 37.4 Å². The van der Waals surface area contributed by atoms with Gasteiger partial charge in [0.1, 0.15) is 17.8 Å². The van der Waals surface area contributed by atoms with E-state index in [9.17, 15) is 4.79 Å². The third-order valence-corrected chi connectivity index (χ3v) is 5.58. The van der Waals surface area contributed by atoms with Crippen LogP contribution in [0.1, 0.15) is 29.9 Å². The lowest BCUT2D eigenvalue weighted by molar-refractivity contribution is 0.0927. The fourth-order valence-electron chi connectivity index (χ4n) is 3.69. The number of hydrogen-bond donors (Lipinski definition) is 2. The summed E-state index contributed by atoms with van der Waals surface area (Å²) in [7, 11) is 0. The van der Waals surface area contributed by atoms with Crippen molar-refractivity contribution in [3.05, 3.63) is 66.3 Å². The van der Waals surface area contributed by atoms with Crippen LogP contribution >= 0.6 is 0 Å². The molecule has 0 fully saturated rings. The molecule has 172 valence electrons. The van der Waals surface area contributed by atoms with Crippen LogP contribution in [0.3, 0.4) is 0 Å². The minimum Gasteiger partial charge on any atom is -0.461 e. The molecular formula is C24H23N7O3. The molecule has 0 aliphatic heterocycles. The van der Waals surface area contributed by atoms with Crippen LogP contribution in [0.2, 0.25) is 0 Å². The molecule has 3 N–H and O–H groups in total. The molecule has 0 spiro atoms. The molecule has 5 aromatic rings. The molecule has 34 heavy (non-hydrogen) atoms. The fraction of sp³-hybridized carbons (Fsp3) is 0.208. The van der Waals surface area contributed by atoms with Crippen molar-refractivity contribution in [1.82, 2.24) is 30.2 Å². The molecule has 0 unspecified atom stereocenters. The second-order valence-electron chi connectivity index (χ2n) is 8.63. The van der Waals surface area contributed by atoms with Crippen LogP contribution in [0.15, 0.2) is 64.0 Å². The number of nitrogens with two attached hydrogens (primary N) is 1.